The molecule has 0 unspecified atom stereocenters. The molecule has 1 amide bonds. The van der Waals surface area contributed by atoms with Gasteiger partial charge in [0.05, 0.1) is 22.6 Å². The smallest absolute Gasteiger partial charge is 0.238 e. The van der Waals surface area contributed by atoms with Crippen molar-refractivity contribution in [2.45, 2.75) is 24.3 Å². The van der Waals surface area contributed by atoms with Crippen LogP contribution in [0.3, 0.4) is 0 Å². The molecule has 3 heterocycles. The summed E-state index contributed by atoms with van der Waals surface area (Å²) in [6.45, 7) is 3.65. The predicted molar refractivity (Wildman–Crippen MR) is 96.4 cm³/mol. The highest BCUT2D eigenvalue weighted by Crippen LogP contribution is 2.29. The molecule has 1 atom stereocenters. The van der Waals surface area contributed by atoms with E-state index in [0.29, 0.717) is 21.5 Å². The van der Waals surface area contributed by atoms with Crippen molar-refractivity contribution in [1.82, 2.24) is 14.8 Å². The monoisotopic (exact) mass is 373 g/mol. The van der Waals surface area contributed by atoms with E-state index in [2.05, 4.69) is 21.6 Å². The standard InChI is InChI=1S/C16H15N5O2S2/c1-9-12(4-6-23-9)13-19-20-16(21(13)3)25-10(2)14(22)18-15-11(8-17)5-7-24-15/h4-7,10H,1-3H3,(H,18,22)/t10-/m0/s1. The average molecular weight is 373 g/mol. The quantitative estimate of drug-likeness (QED) is 0.688. The van der Waals surface area contributed by atoms with E-state index in [1.165, 1.54) is 23.1 Å². The van der Waals surface area contributed by atoms with E-state index in [-0.39, 0.29) is 5.91 Å². The number of amides is 1. The Labute approximate surface area is 152 Å². The van der Waals surface area contributed by atoms with Crippen LogP contribution in [0.4, 0.5) is 5.00 Å². The third-order valence-electron chi connectivity index (χ3n) is 3.61. The zero-order valence-corrected chi connectivity index (χ0v) is 15.4. The Morgan fingerprint density at radius 3 is 2.96 bits per heavy atom. The lowest BCUT2D eigenvalue weighted by atomic mass is 10.2. The predicted octanol–water partition coefficient (Wildman–Crippen LogP) is 3.44. The first kappa shape index (κ1) is 17.3. The van der Waals surface area contributed by atoms with Crippen molar-refractivity contribution < 1.29 is 9.21 Å². The largest absolute Gasteiger partial charge is 0.469 e. The first-order valence-corrected chi connectivity index (χ1v) is 9.16. The molecule has 7 nitrogen and oxygen atoms in total. The summed E-state index contributed by atoms with van der Waals surface area (Å²) >= 11 is 2.63. The Morgan fingerprint density at radius 2 is 2.28 bits per heavy atom. The van der Waals surface area contributed by atoms with Crippen LogP contribution in [0.2, 0.25) is 0 Å². The minimum atomic E-state index is -0.394. The van der Waals surface area contributed by atoms with Crippen molar-refractivity contribution in [1.29, 1.82) is 5.26 Å². The molecule has 0 saturated carbocycles. The van der Waals surface area contributed by atoms with Gasteiger partial charge in [0.25, 0.3) is 0 Å². The van der Waals surface area contributed by atoms with Crippen LogP contribution in [0.25, 0.3) is 11.4 Å². The lowest BCUT2D eigenvalue weighted by molar-refractivity contribution is -0.115. The number of aryl methyl sites for hydroxylation is 1. The van der Waals surface area contributed by atoms with Crippen LogP contribution in [0.15, 0.2) is 33.3 Å². The third-order valence-corrected chi connectivity index (χ3v) is 5.57. The molecule has 0 aliphatic carbocycles. The topological polar surface area (TPSA) is 96.7 Å². The molecule has 0 aliphatic rings. The van der Waals surface area contributed by atoms with Gasteiger partial charge in [0.1, 0.15) is 16.8 Å². The molecule has 3 aromatic heterocycles. The zero-order valence-electron chi connectivity index (χ0n) is 13.8. The van der Waals surface area contributed by atoms with Gasteiger partial charge in [-0.15, -0.1) is 21.5 Å². The van der Waals surface area contributed by atoms with E-state index in [1.54, 1.807) is 24.6 Å². The van der Waals surface area contributed by atoms with Crippen molar-refractivity contribution in [2.75, 3.05) is 5.32 Å². The molecule has 0 radical (unpaired) electrons. The first-order chi connectivity index (χ1) is 12.0. The fourth-order valence-electron chi connectivity index (χ4n) is 2.19. The molecule has 0 aliphatic heterocycles. The number of nitrogens with one attached hydrogen (secondary N) is 1. The van der Waals surface area contributed by atoms with Gasteiger partial charge in [0.15, 0.2) is 11.0 Å². The Morgan fingerprint density at radius 1 is 1.48 bits per heavy atom. The minimum Gasteiger partial charge on any atom is -0.469 e. The van der Waals surface area contributed by atoms with Gasteiger partial charge in [0.2, 0.25) is 5.91 Å². The lowest BCUT2D eigenvalue weighted by Crippen LogP contribution is -2.22. The number of nitriles is 1. The van der Waals surface area contributed by atoms with Gasteiger partial charge in [-0.25, -0.2) is 0 Å². The highest BCUT2D eigenvalue weighted by molar-refractivity contribution is 8.00. The molecule has 0 spiro atoms. The van der Waals surface area contributed by atoms with E-state index in [4.69, 9.17) is 9.68 Å². The van der Waals surface area contributed by atoms with E-state index in [9.17, 15) is 4.79 Å². The van der Waals surface area contributed by atoms with Crippen LogP contribution in [0, 0.1) is 18.3 Å². The normalized spacial score (nSPS) is 11.9. The maximum atomic E-state index is 12.4. The molecule has 0 aromatic carbocycles. The number of thioether (sulfide) groups is 1. The van der Waals surface area contributed by atoms with Crippen molar-refractivity contribution in [3.8, 4) is 17.5 Å². The highest BCUT2D eigenvalue weighted by atomic mass is 32.2. The molecule has 0 saturated heterocycles. The van der Waals surface area contributed by atoms with Crippen LogP contribution >= 0.6 is 23.1 Å². The summed E-state index contributed by atoms with van der Waals surface area (Å²) < 4.78 is 7.14. The van der Waals surface area contributed by atoms with Crippen LogP contribution in [-0.4, -0.2) is 25.9 Å². The SMILES string of the molecule is Cc1occc1-c1nnc(S[C@@H](C)C(=O)Nc2sccc2C#N)n1C. The maximum Gasteiger partial charge on any atom is 0.238 e. The van der Waals surface area contributed by atoms with Gasteiger partial charge in [-0.1, -0.05) is 11.8 Å². The van der Waals surface area contributed by atoms with Gasteiger partial charge in [-0.05, 0) is 31.4 Å². The van der Waals surface area contributed by atoms with E-state index >= 15 is 0 Å². The number of furan rings is 1. The third kappa shape index (κ3) is 3.45. The first-order valence-electron chi connectivity index (χ1n) is 7.40. The molecule has 128 valence electrons. The number of hydrogen-bond acceptors (Lipinski definition) is 7. The Bertz CT molecular complexity index is 950. The summed E-state index contributed by atoms with van der Waals surface area (Å²) in [7, 11) is 1.85. The molecular weight excluding hydrogens is 358 g/mol. The van der Waals surface area contributed by atoms with Gasteiger partial charge < -0.3 is 14.3 Å². The highest BCUT2D eigenvalue weighted by Gasteiger charge is 2.21. The van der Waals surface area contributed by atoms with Crippen molar-refractivity contribution in [2.24, 2.45) is 7.05 Å². The Kier molecular flexibility index (Phi) is 4.92. The fraction of sp³-hybridized carbons (Fsp3) is 0.250. The molecule has 25 heavy (non-hydrogen) atoms. The van der Waals surface area contributed by atoms with Gasteiger partial charge >= 0.3 is 0 Å². The summed E-state index contributed by atoms with van der Waals surface area (Å²) in [6, 6.07) is 5.57. The molecule has 9 heteroatoms. The van der Waals surface area contributed by atoms with Crippen LogP contribution in [0.1, 0.15) is 18.2 Å². The number of rotatable bonds is 5. The number of hydrogen-bond donors (Lipinski definition) is 1. The Balaban J connectivity index is 1.72. The Hall–Kier alpha value is -2.57. The number of anilines is 1. The van der Waals surface area contributed by atoms with Crippen LogP contribution in [0.5, 0.6) is 0 Å². The molecule has 3 rings (SSSR count). The second-order valence-corrected chi connectivity index (χ2v) is 7.50. The molecular formula is C16H15N5O2S2. The van der Waals surface area contributed by atoms with Crippen LogP contribution in [-0.2, 0) is 11.8 Å². The maximum absolute atomic E-state index is 12.4. The second-order valence-electron chi connectivity index (χ2n) is 5.28. The molecule has 0 bridgehead atoms. The summed E-state index contributed by atoms with van der Waals surface area (Å²) in [5.41, 5.74) is 1.34. The van der Waals surface area contributed by atoms with Crippen molar-refractivity contribution in [3.63, 3.8) is 0 Å². The lowest BCUT2D eigenvalue weighted by Gasteiger charge is -2.10. The van der Waals surface area contributed by atoms with E-state index in [1.807, 2.05) is 24.6 Å². The van der Waals surface area contributed by atoms with Crippen molar-refractivity contribution >= 4 is 34.0 Å². The zero-order chi connectivity index (χ0) is 18.0. The fourth-order valence-corrected chi connectivity index (χ4v) is 3.74. The molecule has 1 N–H and O–H groups in total. The van der Waals surface area contributed by atoms with E-state index in [0.717, 1.165) is 11.3 Å². The number of nitrogens with zero attached hydrogens (tertiary/aromatic N) is 4. The summed E-state index contributed by atoms with van der Waals surface area (Å²) in [4.78, 5) is 12.4. The molecule has 3 aromatic rings. The van der Waals surface area contributed by atoms with Gasteiger partial charge in [0, 0.05) is 7.05 Å². The van der Waals surface area contributed by atoms with Gasteiger partial charge in [-0.2, -0.15) is 5.26 Å². The number of thiophene rings is 1. The number of carbonyl (C=O) groups excluding carboxylic acids is 1. The van der Waals surface area contributed by atoms with Gasteiger partial charge in [-0.3, -0.25) is 4.79 Å². The second kappa shape index (κ2) is 7.13. The summed E-state index contributed by atoms with van der Waals surface area (Å²) in [6.07, 6.45) is 1.61. The summed E-state index contributed by atoms with van der Waals surface area (Å²) in [5.74, 6) is 1.26. The average Bonchev–Trinajstić information content (AvgIpc) is 3.29. The summed E-state index contributed by atoms with van der Waals surface area (Å²) in [5, 5.41) is 22.7. The minimum absolute atomic E-state index is 0.187. The van der Waals surface area contributed by atoms with Crippen LogP contribution < -0.4 is 5.32 Å². The van der Waals surface area contributed by atoms with Crippen molar-refractivity contribution in [3.05, 3.63) is 35.1 Å². The molecule has 0 fully saturated rings. The number of carbonyl (C=O) groups is 1. The number of aromatic nitrogens is 3. The van der Waals surface area contributed by atoms with E-state index < -0.39 is 5.25 Å².